The van der Waals surface area contributed by atoms with Crippen molar-refractivity contribution in [1.29, 1.82) is 0 Å². The molecule has 0 heterocycles. The molecule has 1 aliphatic carbocycles. The summed E-state index contributed by atoms with van der Waals surface area (Å²) < 4.78 is 0. The summed E-state index contributed by atoms with van der Waals surface area (Å²) in [6.07, 6.45) is 4.24. The first-order chi connectivity index (χ1) is 11.0. The van der Waals surface area contributed by atoms with Crippen molar-refractivity contribution in [2.45, 2.75) is 12.2 Å². The molecule has 1 aromatic rings. The third-order valence-electron chi connectivity index (χ3n) is 2.45. The molecule has 7 nitrogen and oxygen atoms in total. The van der Waals surface area contributed by atoms with Crippen LogP contribution in [-0.4, -0.2) is 42.9 Å². The van der Waals surface area contributed by atoms with Gasteiger partial charge in [0.05, 0.1) is 0 Å². The van der Waals surface area contributed by atoms with E-state index in [1.165, 1.54) is 18.2 Å². The SMILES string of the molecule is O=C(C1=CCC(O)(O)C=C1)c1ccccc1.O=C(O)Cl.O=C(O)Cl. The standard InChI is InChI=1S/C13H12O3.2CHClO2/c14-12(10-4-2-1-3-5-10)11-6-8-13(15,16)9-7-11;2*2-1(3)4/h1-8,15-16H,9H2;2*(H,3,4). The second-order valence-corrected chi connectivity index (χ2v) is 4.92. The molecule has 0 saturated heterocycles. The van der Waals surface area contributed by atoms with Crippen LogP contribution in [0, 0.1) is 0 Å². The topological polar surface area (TPSA) is 132 Å². The number of hydrogen-bond acceptors (Lipinski definition) is 5. The smallest absolute Gasteiger partial charge is 0.401 e. The fourth-order valence-electron chi connectivity index (χ4n) is 1.54. The van der Waals surface area contributed by atoms with E-state index in [1.807, 2.05) is 6.07 Å². The predicted octanol–water partition coefficient (Wildman–Crippen LogP) is 3.24. The lowest BCUT2D eigenvalue weighted by atomic mass is 9.96. The molecule has 1 aromatic carbocycles. The van der Waals surface area contributed by atoms with E-state index in [0.29, 0.717) is 11.1 Å². The predicted molar refractivity (Wildman–Crippen MR) is 87.5 cm³/mol. The van der Waals surface area contributed by atoms with Crippen LogP contribution in [0.3, 0.4) is 0 Å². The molecule has 2 rings (SSSR count). The van der Waals surface area contributed by atoms with Gasteiger partial charge in [0.1, 0.15) is 0 Å². The van der Waals surface area contributed by atoms with Crippen LogP contribution in [0.5, 0.6) is 0 Å². The molecule has 0 fully saturated rings. The number of benzene rings is 1. The maximum Gasteiger partial charge on any atom is 0.401 e. The van der Waals surface area contributed by atoms with E-state index in [2.05, 4.69) is 23.2 Å². The second kappa shape index (κ2) is 10.6. The molecule has 0 radical (unpaired) electrons. The number of allylic oxidation sites excluding steroid dienone is 2. The number of carbonyl (C=O) groups is 3. The zero-order valence-corrected chi connectivity index (χ0v) is 13.6. The van der Waals surface area contributed by atoms with Gasteiger partial charge in [-0.2, -0.15) is 0 Å². The molecule has 0 aromatic heterocycles. The van der Waals surface area contributed by atoms with Crippen LogP contribution in [0.15, 0.2) is 54.1 Å². The van der Waals surface area contributed by atoms with Crippen molar-refractivity contribution in [3.63, 3.8) is 0 Å². The van der Waals surface area contributed by atoms with Crippen molar-refractivity contribution in [3.8, 4) is 0 Å². The van der Waals surface area contributed by atoms with Crippen molar-refractivity contribution in [2.24, 2.45) is 0 Å². The lowest BCUT2D eigenvalue weighted by Crippen LogP contribution is -2.26. The maximum absolute atomic E-state index is 11.9. The Kier molecular flexibility index (Phi) is 9.60. The second-order valence-electron chi connectivity index (χ2n) is 4.28. The Labute approximate surface area is 147 Å². The molecular weight excluding hydrogens is 363 g/mol. The van der Waals surface area contributed by atoms with Gasteiger partial charge >= 0.3 is 10.9 Å². The number of aliphatic hydroxyl groups is 2. The first-order valence-electron chi connectivity index (χ1n) is 6.26. The highest BCUT2D eigenvalue weighted by atomic mass is 35.5. The van der Waals surface area contributed by atoms with E-state index >= 15 is 0 Å². The number of rotatable bonds is 2. The van der Waals surface area contributed by atoms with Crippen LogP contribution < -0.4 is 0 Å². The summed E-state index contributed by atoms with van der Waals surface area (Å²) in [5.74, 6) is -1.92. The molecule has 130 valence electrons. The molecule has 9 heteroatoms. The highest BCUT2D eigenvalue weighted by Gasteiger charge is 2.23. The Morgan fingerprint density at radius 3 is 1.79 bits per heavy atom. The van der Waals surface area contributed by atoms with Crippen LogP contribution in [0.2, 0.25) is 0 Å². The Morgan fingerprint density at radius 1 is 0.958 bits per heavy atom. The molecular formula is C15H14Cl2O7. The Bertz CT molecular complexity index is 616. The Balaban J connectivity index is 0.000000558. The lowest BCUT2D eigenvalue weighted by molar-refractivity contribution is -0.115. The van der Waals surface area contributed by atoms with E-state index in [-0.39, 0.29) is 12.2 Å². The van der Waals surface area contributed by atoms with Crippen molar-refractivity contribution < 1.29 is 34.8 Å². The van der Waals surface area contributed by atoms with Crippen LogP contribution in [0.25, 0.3) is 0 Å². The van der Waals surface area contributed by atoms with Gasteiger partial charge in [0.2, 0.25) is 0 Å². The molecule has 24 heavy (non-hydrogen) atoms. The van der Waals surface area contributed by atoms with Crippen molar-refractivity contribution in [2.75, 3.05) is 0 Å². The number of carboxylic acid groups (broad SMARTS) is 2. The zero-order chi connectivity index (χ0) is 18.8. The zero-order valence-electron chi connectivity index (χ0n) is 12.1. The fraction of sp³-hybridized carbons (Fsp3) is 0.133. The Morgan fingerprint density at radius 2 is 1.42 bits per heavy atom. The van der Waals surface area contributed by atoms with Crippen molar-refractivity contribution in [1.82, 2.24) is 0 Å². The number of Topliss-reactive ketones (excluding diaryl/α,β-unsaturated/α-hetero) is 1. The molecule has 4 N–H and O–H groups in total. The number of halogens is 2. The highest BCUT2D eigenvalue weighted by molar-refractivity contribution is 6.60. The third-order valence-corrected chi connectivity index (χ3v) is 2.45. The first-order valence-corrected chi connectivity index (χ1v) is 7.01. The van der Waals surface area contributed by atoms with Crippen molar-refractivity contribution in [3.05, 3.63) is 59.7 Å². The molecule has 0 aliphatic heterocycles. The summed E-state index contributed by atoms with van der Waals surface area (Å²) in [7, 11) is 0. The van der Waals surface area contributed by atoms with Crippen LogP contribution in [-0.2, 0) is 0 Å². The molecule has 0 amide bonds. The fourth-order valence-corrected chi connectivity index (χ4v) is 1.54. The van der Waals surface area contributed by atoms with Crippen LogP contribution in [0.4, 0.5) is 9.59 Å². The summed E-state index contributed by atoms with van der Waals surface area (Å²) in [4.78, 5) is 29.5. The molecule has 0 spiro atoms. The van der Waals surface area contributed by atoms with Crippen molar-refractivity contribution >= 4 is 39.8 Å². The molecule has 0 atom stereocenters. The third kappa shape index (κ3) is 10.5. The maximum atomic E-state index is 11.9. The van der Waals surface area contributed by atoms with Gasteiger partial charge in [-0.05, 0) is 6.08 Å². The van der Waals surface area contributed by atoms with Crippen LogP contribution >= 0.6 is 23.2 Å². The Hall–Kier alpha value is -2.19. The summed E-state index contributed by atoms with van der Waals surface area (Å²) >= 11 is 8.38. The minimum absolute atomic E-state index is 0.0391. The molecule has 0 bridgehead atoms. The van der Waals surface area contributed by atoms with E-state index < -0.39 is 16.6 Å². The summed E-state index contributed by atoms with van der Waals surface area (Å²) in [5.41, 5.74) is -1.63. The van der Waals surface area contributed by atoms with Gasteiger partial charge in [-0.15, -0.1) is 0 Å². The molecule has 0 unspecified atom stereocenters. The van der Waals surface area contributed by atoms with Gasteiger partial charge in [-0.25, -0.2) is 9.59 Å². The van der Waals surface area contributed by atoms with E-state index in [0.717, 1.165) is 0 Å². The van der Waals surface area contributed by atoms with Gasteiger partial charge in [0.25, 0.3) is 0 Å². The molecule has 0 saturated carbocycles. The van der Waals surface area contributed by atoms with Crippen LogP contribution in [0.1, 0.15) is 16.8 Å². The quantitative estimate of drug-likeness (QED) is 0.353. The number of hydrogen-bond donors (Lipinski definition) is 4. The largest absolute Gasteiger partial charge is 0.469 e. The van der Waals surface area contributed by atoms with Gasteiger partial charge in [0.15, 0.2) is 11.6 Å². The van der Waals surface area contributed by atoms with Gasteiger partial charge in [-0.1, -0.05) is 42.5 Å². The lowest BCUT2D eigenvalue weighted by Gasteiger charge is -2.19. The number of ketones is 1. The monoisotopic (exact) mass is 376 g/mol. The van der Waals surface area contributed by atoms with E-state index in [4.69, 9.17) is 19.8 Å². The summed E-state index contributed by atoms with van der Waals surface area (Å²) in [6, 6.07) is 8.90. The summed E-state index contributed by atoms with van der Waals surface area (Å²) in [5, 5.41) is 32.9. The minimum atomic E-state index is -1.82. The normalized spacial score (nSPS) is 14.1. The van der Waals surface area contributed by atoms with Gasteiger partial charge in [-0.3, -0.25) is 4.79 Å². The van der Waals surface area contributed by atoms with E-state index in [1.54, 1.807) is 24.3 Å². The molecule has 1 aliphatic rings. The van der Waals surface area contributed by atoms with Gasteiger partial charge in [0, 0.05) is 40.8 Å². The van der Waals surface area contributed by atoms with E-state index in [9.17, 15) is 15.0 Å². The average molecular weight is 377 g/mol. The minimum Gasteiger partial charge on any atom is -0.469 e. The summed E-state index contributed by atoms with van der Waals surface area (Å²) in [6.45, 7) is 0. The first kappa shape index (κ1) is 21.8. The number of carbonyl (C=O) groups excluding carboxylic acids is 1. The highest BCUT2D eigenvalue weighted by Crippen LogP contribution is 2.20. The average Bonchev–Trinajstić information content (AvgIpc) is 2.46. The van der Waals surface area contributed by atoms with Gasteiger partial charge < -0.3 is 20.4 Å².